The molecule has 1 nitrogen and oxygen atoms in total. The maximum Gasteiger partial charge on any atom is 0.370 e. The first-order valence-electron chi connectivity index (χ1n) is 9.75. The summed E-state index contributed by atoms with van der Waals surface area (Å²) in [6, 6.07) is 7.39. The Labute approximate surface area is 158 Å². The summed E-state index contributed by atoms with van der Waals surface area (Å²) in [7, 11) is 0. The lowest BCUT2D eigenvalue weighted by atomic mass is 9.78. The zero-order valence-corrected chi connectivity index (χ0v) is 15.6. The summed E-state index contributed by atoms with van der Waals surface area (Å²) in [6.45, 7) is 1.92. The summed E-state index contributed by atoms with van der Waals surface area (Å²) in [4.78, 5) is 0. The number of ether oxygens (including phenoxy) is 1. The fraction of sp³-hybridized carbons (Fsp3) is 0.545. The summed E-state index contributed by atoms with van der Waals surface area (Å²) in [6.07, 6.45) is 7.84. The smallest absolute Gasteiger partial charge is 0.370 e. The van der Waals surface area contributed by atoms with Gasteiger partial charge in [0.15, 0.2) is 5.76 Å². The van der Waals surface area contributed by atoms with Crippen LogP contribution in [0, 0.1) is 5.92 Å². The molecule has 1 saturated carbocycles. The highest BCUT2D eigenvalue weighted by Gasteiger charge is 2.64. The Kier molecular flexibility index (Phi) is 5.97. The summed E-state index contributed by atoms with van der Waals surface area (Å²) in [5.74, 6) is -9.95. The number of hydrogen-bond donors (Lipinski definition) is 0. The van der Waals surface area contributed by atoms with Gasteiger partial charge in [0.2, 0.25) is 0 Å². The van der Waals surface area contributed by atoms with Crippen LogP contribution in [0.3, 0.4) is 0 Å². The van der Waals surface area contributed by atoms with Crippen LogP contribution >= 0.6 is 0 Å². The van der Waals surface area contributed by atoms with E-state index < -0.39 is 29.1 Å². The van der Waals surface area contributed by atoms with Gasteiger partial charge in [-0.25, -0.2) is 0 Å². The highest BCUT2D eigenvalue weighted by molar-refractivity contribution is 5.37. The number of hydrogen-bond acceptors (Lipinski definition) is 1. The van der Waals surface area contributed by atoms with Crippen molar-refractivity contribution >= 4 is 0 Å². The third-order valence-electron chi connectivity index (χ3n) is 5.48. The molecule has 148 valence electrons. The van der Waals surface area contributed by atoms with Gasteiger partial charge < -0.3 is 4.74 Å². The zero-order valence-electron chi connectivity index (χ0n) is 15.6. The van der Waals surface area contributed by atoms with Crippen LogP contribution in [-0.2, 0) is 17.8 Å². The zero-order chi connectivity index (χ0) is 19.5. The van der Waals surface area contributed by atoms with Gasteiger partial charge >= 0.3 is 11.8 Å². The Morgan fingerprint density at radius 2 is 1.52 bits per heavy atom. The second-order valence-electron chi connectivity index (χ2n) is 7.49. The molecule has 0 saturated heterocycles. The predicted octanol–water partition coefficient (Wildman–Crippen LogP) is 6.83. The van der Waals surface area contributed by atoms with Crippen LogP contribution in [0.5, 0.6) is 0 Å². The van der Waals surface area contributed by atoms with E-state index in [9.17, 15) is 17.6 Å². The van der Waals surface area contributed by atoms with E-state index in [0.717, 1.165) is 49.8 Å². The third kappa shape index (κ3) is 4.07. The molecule has 1 fully saturated rings. The van der Waals surface area contributed by atoms with Crippen molar-refractivity contribution in [2.75, 3.05) is 0 Å². The molecule has 0 N–H and O–H groups in total. The van der Waals surface area contributed by atoms with Crippen LogP contribution in [-0.4, -0.2) is 11.8 Å². The summed E-state index contributed by atoms with van der Waals surface area (Å²) in [5, 5.41) is 0. The highest BCUT2D eigenvalue weighted by atomic mass is 19.3. The van der Waals surface area contributed by atoms with Crippen molar-refractivity contribution in [3.63, 3.8) is 0 Å². The minimum atomic E-state index is -4.32. The lowest BCUT2D eigenvalue weighted by molar-refractivity contribution is -0.190. The van der Waals surface area contributed by atoms with E-state index in [2.05, 4.69) is 6.92 Å². The van der Waals surface area contributed by atoms with Crippen molar-refractivity contribution in [3.8, 4) is 0 Å². The molecule has 0 heterocycles. The Bertz CT molecular complexity index is 698. The van der Waals surface area contributed by atoms with Crippen molar-refractivity contribution in [1.82, 2.24) is 0 Å². The van der Waals surface area contributed by atoms with Gasteiger partial charge in [0.25, 0.3) is 0 Å². The van der Waals surface area contributed by atoms with E-state index in [4.69, 9.17) is 4.74 Å². The van der Waals surface area contributed by atoms with Gasteiger partial charge in [-0.1, -0.05) is 62.9 Å². The largest absolute Gasteiger partial charge is 0.487 e. The Balaban J connectivity index is 1.74. The number of aryl methyl sites for hydroxylation is 1. The number of halogens is 4. The molecule has 1 aromatic rings. The van der Waals surface area contributed by atoms with Crippen LogP contribution in [0.25, 0.3) is 0 Å². The number of alkyl halides is 4. The van der Waals surface area contributed by atoms with Gasteiger partial charge in [0.1, 0.15) is 6.61 Å². The first kappa shape index (κ1) is 20.0. The molecule has 0 radical (unpaired) electrons. The van der Waals surface area contributed by atoms with E-state index in [0.29, 0.717) is 18.4 Å². The SMILES string of the molecule is CCCc1ccc(COC2=CC=C(C3CCCCC3)C(F)(F)C2(F)F)cc1. The molecule has 0 amide bonds. The van der Waals surface area contributed by atoms with Crippen LogP contribution in [0.1, 0.15) is 56.6 Å². The monoisotopic (exact) mass is 382 g/mol. The standard InChI is InChI=1S/C22H26F4O/c1-2-6-16-9-11-17(12-10-16)15-27-20-14-13-19(18-7-4-3-5-8-18)21(23,24)22(20,25)26/h9-14,18H,2-8,15H2,1H3. The van der Waals surface area contributed by atoms with Crippen molar-refractivity contribution in [2.24, 2.45) is 5.92 Å². The number of allylic oxidation sites excluding steroid dienone is 4. The molecule has 0 spiro atoms. The fourth-order valence-corrected chi connectivity index (χ4v) is 3.91. The van der Waals surface area contributed by atoms with Crippen molar-refractivity contribution < 1.29 is 22.3 Å². The second-order valence-corrected chi connectivity index (χ2v) is 7.49. The molecule has 0 aromatic heterocycles. The van der Waals surface area contributed by atoms with E-state index in [1.165, 1.54) is 0 Å². The minimum absolute atomic E-state index is 0.156. The third-order valence-corrected chi connectivity index (χ3v) is 5.48. The van der Waals surface area contributed by atoms with E-state index in [1.54, 1.807) is 12.1 Å². The van der Waals surface area contributed by atoms with Crippen molar-refractivity contribution in [3.05, 3.63) is 58.9 Å². The normalized spacial score (nSPS) is 22.1. The molecule has 0 bridgehead atoms. The molecule has 2 aliphatic rings. The van der Waals surface area contributed by atoms with Gasteiger partial charge in [0.05, 0.1) is 0 Å². The van der Waals surface area contributed by atoms with Crippen LogP contribution < -0.4 is 0 Å². The fourth-order valence-electron chi connectivity index (χ4n) is 3.91. The molecule has 3 rings (SSSR count). The summed E-state index contributed by atoms with van der Waals surface area (Å²) >= 11 is 0. The lowest BCUT2D eigenvalue weighted by Crippen LogP contribution is -2.47. The van der Waals surface area contributed by atoms with Crippen molar-refractivity contribution in [1.29, 1.82) is 0 Å². The maximum absolute atomic E-state index is 14.6. The maximum atomic E-state index is 14.6. The lowest BCUT2D eigenvalue weighted by Gasteiger charge is -2.37. The number of rotatable bonds is 6. The Morgan fingerprint density at radius 1 is 0.889 bits per heavy atom. The van der Waals surface area contributed by atoms with Crippen molar-refractivity contribution in [2.45, 2.75) is 70.3 Å². The molecular weight excluding hydrogens is 356 g/mol. The molecule has 2 aliphatic carbocycles. The minimum Gasteiger partial charge on any atom is -0.487 e. The van der Waals surface area contributed by atoms with Gasteiger partial charge in [0, 0.05) is 5.57 Å². The first-order valence-corrected chi connectivity index (χ1v) is 9.75. The topological polar surface area (TPSA) is 9.23 Å². The molecule has 5 heteroatoms. The van der Waals surface area contributed by atoms with Crippen LogP contribution in [0.2, 0.25) is 0 Å². The quantitative estimate of drug-likeness (QED) is 0.490. The molecule has 1 aromatic carbocycles. The number of benzene rings is 1. The predicted molar refractivity (Wildman–Crippen MR) is 97.9 cm³/mol. The van der Waals surface area contributed by atoms with E-state index >= 15 is 0 Å². The Hall–Kier alpha value is -1.78. The van der Waals surface area contributed by atoms with Gasteiger partial charge in [-0.2, -0.15) is 17.6 Å². The van der Waals surface area contributed by atoms with Crippen LogP contribution in [0.15, 0.2) is 47.7 Å². The van der Waals surface area contributed by atoms with Gasteiger partial charge in [-0.15, -0.1) is 0 Å². The van der Waals surface area contributed by atoms with Gasteiger partial charge in [-0.05, 0) is 42.4 Å². The second kappa shape index (κ2) is 8.07. The molecule has 0 atom stereocenters. The molecule has 27 heavy (non-hydrogen) atoms. The van der Waals surface area contributed by atoms with Crippen LogP contribution in [0.4, 0.5) is 17.6 Å². The Morgan fingerprint density at radius 3 is 2.15 bits per heavy atom. The molecule has 0 unspecified atom stereocenters. The average Bonchev–Trinajstić information content (AvgIpc) is 2.65. The summed E-state index contributed by atoms with van der Waals surface area (Å²) < 4.78 is 63.4. The molecular formula is C22H26F4O. The highest BCUT2D eigenvalue weighted by Crippen LogP contribution is 2.51. The first-order chi connectivity index (χ1) is 12.9. The summed E-state index contributed by atoms with van der Waals surface area (Å²) in [5.41, 5.74) is 1.38. The molecule has 0 aliphatic heterocycles. The average molecular weight is 382 g/mol. The van der Waals surface area contributed by atoms with E-state index in [-0.39, 0.29) is 6.61 Å². The van der Waals surface area contributed by atoms with Gasteiger partial charge in [-0.3, -0.25) is 0 Å². The van der Waals surface area contributed by atoms with E-state index in [1.807, 2.05) is 12.1 Å².